The van der Waals surface area contributed by atoms with Crippen LogP contribution in [0, 0.1) is 0 Å². The fourth-order valence-corrected chi connectivity index (χ4v) is 1.77. The molecular weight excluding hydrogens is 158 g/mol. The van der Waals surface area contributed by atoms with E-state index in [4.69, 9.17) is 0 Å². The predicted octanol–water partition coefficient (Wildman–Crippen LogP) is 2.71. The Bertz CT molecular complexity index is 361. The van der Waals surface area contributed by atoms with Crippen LogP contribution in [0.3, 0.4) is 0 Å². The lowest BCUT2D eigenvalue weighted by atomic mass is 10.1. The van der Waals surface area contributed by atoms with Gasteiger partial charge in [-0.25, -0.2) is 0 Å². The molecule has 0 saturated carbocycles. The predicted molar refractivity (Wildman–Crippen MR) is 58.1 cm³/mol. The Kier molecular flexibility index (Phi) is 1.87. The van der Waals surface area contributed by atoms with Crippen LogP contribution in [-0.4, -0.2) is 14.1 Å². The van der Waals surface area contributed by atoms with E-state index in [1.807, 2.05) is 0 Å². The first-order valence-corrected chi connectivity index (χ1v) is 4.64. The molecule has 0 atom stereocenters. The topological polar surface area (TPSA) is 3.24 Å². The lowest BCUT2D eigenvalue weighted by molar-refractivity contribution is 1.12. The second kappa shape index (κ2) is 2.91. The quantitative estimate of drug-likeness (QED) is 0.631. The second-order valence-electron chi connectivity index (χ2n) is 3.95. The van der Waals surface area contributed by atoms with Gasteiger partial charge >= 0.3 is 0 Å². The molecule has 0 aromatic heterocycles. The first-order valence-electron chi connectivity index (χ1n) is 4.64. The maximum Gasteiger partial charge on any atom is 0.0367 e. The van der Waals surface area contributed by atoms with Crippen molar-refractivity contribution in [2.24, 2.45) is 0 Å². The molecule has 1 heteroatoms. The van der Waals surface area contributed by atoms with Crippen LogP contribution in [-0.2, 0) is 6.42 Å². The van der Waals surface area contributed by atoms with Gasteiger partial charge in [-0.05, 0) is 36.6 Å². The summed E-state index contributed by atoms with van der Waals surface area (Å²) in [7, 11) is 4.15. The summed E-state index contributed by atoms with van der Waals surface area (Å²) < 4.78 is 0. The first kappa shape index (κ1) is 8.36. The molecule has 0 radical (unpaired) electrons. The lowest BCUT2D eigenvalue weighted by Crippen LogP contribution is -2.08. The standard InChI is InChI=1S/C12H15N/c1-9-6-10-4-5-12(13(2)3)8-11(10)7-9/h4-5,7-8H,6H2,1-3H3. The van der Waals surface area contributed by atoms with Crippen LogP contribution in [0.25, 0.3) is 6.08 Å². The van der Waals surface area contributed by atoms with Gasteiger partial charge in [0.15, 0.2) is 0 Å². The van der Waals surface area contributed by atoms with Crippen molar-refractivity contribution in [2.45, 2.75) is 13.3 Å². The molecule has 0 heterocycles. The summed E-state index contributed by atoms with van der Waals surface area (Å²) >= 11 is 0. The lowest BCUT2D eigenvalue weighted by Gasteiger charge is -2.13. The number of fused-ring (bicyclic) bond motifs is 1. The van der Waals surface area contributed by atoms with Gasteiger partial charge in [-0.15, -0.1) is 0 Å². The average Bonchev–Trinajstić information content (AvgIpc) is 2.42. The zero-order chi connectivity index (χ0) is 9.42. The van der Waals surface area contributed by atoms with Crippen molar-refractivity contribution in [1.29, 1.82) is 0 Å². The van der Waals surface area contributed by atoms with Crippen molar-refractivity contribution < 1.29 is 0 Å². The van der Waals surface area contributed by atoms with Crippen molar-refractivity contribution in [1.82, 2.24) is 0 Å². The molecule has 0 amide bonds. The van der Waals surface area contributed by atoms with Gasteiger partial charge in [-0.1, -0.05) is 17.7 Å². The highest BCUT2D eigenvalue weighted by Crippen LogP contribution is 2.27. The van der Waals surface area contributed by atoms with Crippen LogP contribution in [0.1, 0.15) is 18.1 Å². The first-order chi connectivity index (χ1) is 6.16. The van der Waals surface area contributed by atoms with Crippen LogP contribution >= 0.6 is 0 Å². The molecule has 1 aliphatic carbocycles. The van der Waals surface area contributed by atoms with Crippen molar-refractivity contribution in [3.63, 3.8) is 0 Å². The van der Waals surface area contributed by atoms with E-state index in [-0.39, 0.29) is 0 Å². The molecule has 1 nitrogen and oxygen atoms in total. The molecule has 68 valence electrons. The Morgan fingerprint density at radius 1 is 1.23 bits per heavy atom. The minimum atomic E-state index is 1.13. The van der Waals surface area contributed by atoms with Gasteiger partial charge in [-0.3, -0.25) is 0 Å². The number of benzene rings is 1. The summed E-state index contributed by atoms with van der Waals surface area (Å²) in [6.45, 7) is 2.19. The molecule has 0 unspecified atom stereocenters. The Morgan fingerprint density at radius 2 is 2.00 bits per heavy atom. The third-order valence-electron chi connectivity index (χ3n) is 2.52. The molecule has 0 aliphatic heterocycles. The fraction of sp³-hybridized carbons (Fsp3) is 0.333. The summed E-state index contributed by atoms with van der Waals surface area (Å²) in [6.07, 6.45) is 3.41. The number of hydrogen-bond donors (Lipinski definition) is 0. The average molecular weight is 173 g/mol. The van der Waals surface area contributed by atoms with Crippen LogP contribution in [0.5, 0.6) is 0 Å². The maximum absolute atomic E-state index is 2.28. The van der Waals surface area contributed by atoms with E-state index in [1.54, 1.807) is 0 Å². The number of rotatable bonds is 1. The van der Waals surface area contributed by atoms with Crippen LogP contribution in [0.15, 0.2) is 23.8 Å². The van der Waals surface area contributed by atoms with E-state index < -0.39 is 0 Å². The minimum Gasteiger partial charge on any atom is -0.378 e. The van der Waals surface area contributed by atoms with Crippen LogP contribution in [0.2, 0.25) is 0 Å². The molecule has 2 rings (SSSR count). The van der Waals surface area contributed by atoms with Crippen molar-refractivity contribution >= 4 is 11.8 Å². The molecule has 0 saturated heterocycles. The van der Waals surface area contributed by atoms with E-state index in [0.29, 0.717) is 0 Å². The van der Waals surface area contributed by atoms with Crippen molar-refractivity contribution in [2.75, 3.05) is 19.0 Å². The summed E-state index contributed by atoms with van der Waals surface area (Å²) in [6, 6.07) is 6.68. The molecule has 1 aliphatic rings. The van der Waals surface area contributed by atoms with Gasteiger partial charge in [0.1, 0.15) is 0 Å². The molecule has 13 heavy (non-hydrogen) atoms. The third kappa shape index (κ3) is 1.46. The smallest absolute Gasteiger partial charge is 0.0367 e. The summed E-state index contributed by atoms with van der Waals surface area (Å²) in [5.74, 6) is 0. The number of anilines is 1. The SMILES string of the molecule is CC1=Cc2cc(N(C)C)ccc2C1. The van der Waals surface area contributed by atoms with E-state index in [0.717, 1.165) is 6.42 Å². The van der Waals surface area contributed by atoms with Gasteiger partial charge in [-0.2, -0.15) is 0 Å². The molecule has 1 aromatic rings. The Morgan fingerprint density at radius 3 is 2.69 bits per heavy atom. The highest BCUT2D eigenvalue weighted by Gasteiger charge is 2.09. The Labute approximate surface area is 79.7 Å². The zero-order valence-corrected chi connectivity index (χ0v) is 8.46. The largest absolute Gasteiger partial charge is 0.378 e. The number of hydrogen-bond acceptors (Lipinski definition) is 1. The zero-order valence-electron chi connectivity index (χ0n) is 8.46. The Balaban J connectivity index is 2.43. The molecule has 0 bridgehead atoms. The van der Waals surface area contributed by atoms with Gasteiger partial charge < -0.3 is 4.90 Å². The van der Waals surface area contributed by atoms with Gasteiger partial charge in [0.05, 0.1) is 0 Å². The van der Waals surface area contributed by atoms with Crippen molar-refractivity contribution in [3.05, 3.63) is 34.9 Å². The van der Waals surface area contributed by atoms with Gasteiger partial charge in [0, 0.05) is 19.8 Å². The summed E-state index contributed by atoms with van der Waals surface area (Å²) in [4.78, 5) is 2.14. The maximum atomic E-state index is 2.28. The number of allylic oxidation sites excluding steroid dienone is 1. The fourth-order valence-electron chi connectivity index (χ4n) is 1.77. The molecular formula is C12H15N. The second-order valence-corrected chi connectivity index (χ2v) is 3.95. The molecule has 0 N–H and O–H groups in total. The van der Waals surface area contributed by atoms with E-state index in [9.17, 15) is 0 Å². The highest BCUT2D eigenvalue weighted by molar-refractivity contribution is 5.67. The molecule has 0 fully saturated rings. The minimum absolute atomic E-state index is 1.13. The summed E-state index contributed by atoms with van der Waals surface area (Å²) in [5.41, 5.74) is 5.60. The van der Waals surface area contributed by atoms with E-state index >= 15 is 0 Å². The Hall–Kier alpha value is -1.24. The monoisotopic (exact) mass is 173 g/mol. The normalized spacial score (nSPS) is 13.9. The van der Waals surface area contributed by atoms with Crippen LogP contribution in [0.4, 0.5) is 5.69 Å². The third-order valence-corrected chi connectivity index (χ3v) is 2.52. The molecule has 0 spiro atoms. The van der Waals surface area contributed by atoms with Crippen molar-refractivity contribution in [3.8, 4) is 0 Å². The number of nitrogens with zero attached hydrogens (tertiary/aromatic N) is 1. The highest BCUT2D eigenvalue weighted by atomic mass is 15.1. The van der Waals surface area contributed by atoms with Gasteiger partial charge in [0.2, 0.25) is 0 Å². The van der Waals surface area contributed by atoms with E-state index in [1.165, 1.54) is 22.4 Å². The van der Waals surface area contributed by atoms with Gasteiger partial charge in [0.25, 0.3) is 0 Å². The van der Waals surface area contributed by atoms with Crippen LogP contribution < -0.4 is 4.90 Å². The summed E-state index contributed by atoms with van der Waals surface area (Å²) in [5, 5.41) is 0. The molecule has 1 aromatic carbocycles. The van der Waals surface area contributed by atoms with E-state index in [2.05, 4.69) is 50.2 Å².